The quantitative estimate of drug-likeness (QED) is 0.164. The molecule has 190 valence electrons. The van der Waals surface area contributed by atoms with Crippen LogP contribution in [0.1, 0.15) is 23.1 Å². The van der Waals surface area contributed by atoms with Gasteiger partial charge in [0.15, 0.2) is 5.78 Å². The Bertz CT molecular complexity index is 1470. The van der Waals surface area contributed by atoms with Gasteiger partial charge in [0.2, 0.25) is 0 Å². The maximum absolute atomic E-state index is 13.3. The normalized spacial score (nSPS) is 11.5. The van der Waals surface area contributed by atoms with Crippen molar-refractivity contribution in [2.75, 3.05) is 0 Å². The molecule has 0 atom stereocenters. The van der Waals surface area contributed by atoms with Crippen molar-refractivity contribution in [3.05, 3.63) is 102 Å². The lowest BCUT2D eigenvalue weighted by Crippen LogP contribution is -2.14. The summed E-state index contributed by atoms with van der Waals surface area (Å²) in [5, 5.41) is 0.723. The minimum absolute atomic E-state index is 0.0429. The van der Waals surface area contributed by atoms with E-state index < -0.39 is 35.7 Å². The molecule has 0 aliphatic carbocycles. The highest BCUT2D eigenvalue weighted by Crippen LogP contribution is 2.30. The molecular weight excluding hydrogens is 488 g/mol. The lowest BCUT2D eigenvalue weighted by Gasteiger charge is -2.09. The Labute approximate surface area is 209 Å². The summed E-state index contributed by atoms with van der Waals surface area (Å²) in [6.45, 7) is 3.23. The number of rotatable bonds is 9. The maximum Gasteiger partial charge on any atom is 0.393 e. The molecule has 0 radical (unpaired) electrons. The number of nitrogens with one attached hydrogen (secondary N) is 1. The van der Waals surface area contributed by atoms with Crippen LogP contribution in [0.15, 0.2) is 79.1 Å². The minimum Gasteiger partial charge on any atom is -0.461 e. The lowest BCUT2D eigenvalue weighted by molar-refractivity contribution is -0.144. The van der Waals surface area contributed by atoms with Crippen molar-refractivity contribution in [3.8, 4) is 11.1 Å². The molecule has 2 aromatic heterocycles. The number of hydrogen-bond acceptors (Lipinski definition) is 4. The van der Waals surface area contributed by atoms with Crippen LogP contribution in [0.3, 0.4) is 0 Å². The van der Waals surface area contributed by atoms with Gasteiger partial charge in [-0.25, -0.2) is 9.37 Å². The van der Waals surface area contributed by atoms with Gasteiger partial charge in [0, 0.05) is 29.8 Å². The van der Waals surface area contributed by atoms with E-state index in [-0.39, 0.29) is 19.4 Å². The highest BCUT2D eigenvalue weighted by molar-refractivity contribution is 5.97. The number of pyridine rings is 1. The molecule has 0 saturated carbocycles. The molecule has 2 heterocycles. The standard InChI is InChI=1S/C28H22F4N2O3/c1-17(13-28(30,31)32)25(35)11-18-4-2-6-21(8-18)24-15-34-27-23(24)10-20(14-33-27)12-26(36)37-16-19-5-3-7-22(29)9-19/h2-10,14-15H,1,11-13,16H2,(H,33,34). The van der Waals surface area contributed by atoms with Crippen molar-refractivity contribution in [2.24, 2.45) is 0 Å². The number of fused-ring (bicyclic) bond motifs is 1. The number of allylic oxidation sites excluding steroid dienone is 1. The number of carbonyl (C=O) groups excluding carboxylic acids is 2. The number of alkyl halides is 3. The Morgan fingerprint density at radius 1 is 0.973 bits per heavy atom. The fraction of sp³-hybridized carbons (Fsp3) is 0.179. The average Bonchev–Trinajstić information content (AvgIpc) is 3.25. The van der Waals surface area contributed by atoms with E-state index in [1.807, 2.05) is 0 Å². The topological polar surface area (TPSA) is 72.0 Å². The largest absolute Gasteiger partial charge is 0.461 e. The fourth-order valence-electron chi connectivity index (χ4n) is 3.89. The zero-order valence-corrected chi connectivity index (χ0v) is 19.6. The van der Waals surface area contributed by atoms with Gasteiger partial charge in [0.05, 0.1) is 12.8 Å². The van der Waals surface area contributed by atoms with E-state index in [9.17, 15) is 27.2 Å². The van der Waals surface area contributed by atoms with Crippen LogP contribution in [0.4, 0.5) is 17.6 Å². The molecule has 1 N–H and O–H groups in total. The van der Waals surface area contributed by atoms with Gasteiger partial charge in [-0.3, -0.25) is 9.59 Å². The highest BCUT2D eigenvalue weighted by Gasteiger charge is 2.30. The van der Waals surface area contributed by atoms with E-state index in [1.165, 1.54) is 18.2 Å². The summed E-state index contributed by atoms with van der Waals surface area (Å²) >= 11 is 0. The molecule has 0 amide bonds. The molecule has 0 aliphatic rings. The summed E-state index contributed by atoms with van der Waals surface area (Å²) in [5.74, 6) is -1.58. The molecule has 0 bridgehead atoms. The van der Waals surface area contributed by atoms with Gasteiger partial charge < -0.3 is 9.72 Å². The first-order chi connectivity index (χ1) is 17.6. The van der Waals surface area contributed by atoms with E-state index in [2.05, 4.69) is 16.5 Å². The zero-order chi connectivity index (χ0) is 26.6. The summed E-state index contributed by atoms with van der Waals surface area (Å²) in [7, 11) is 0. The molecule has 0 aliphatic heterocycles. The third-order valence-corrected chi connectivity index (χ3v) is 5.64. The summed E-state index contributed by atoms with van der Waals surface area (Å²) in [4.78, 5) is 32.0. The minimum atomic E-state index is -4.49. The molecule has 37 heavy (non-hydrogen) atoms. The van der Waals surface area contributed by atoms with Crippen LogP contribution in [-0.2, 0) is 33.8 Å². The second kappa shape index (κ2) is 10.8. The predicted molar refractivity (Wildman–Crippen MR) is 130 cm³/mol. The number of aromatic nitrogens is 2. The average molecular weight is 510 g/mol. The highest BCUT2D eigenvalue weighted by atomic mass is 19.4. The van der Waals surface area contributed by atoms with Crippen molar-refractivity contribution < 1.29 is 31.9 Å². The van der Waals surface area contributed by atoms with Crippen molar-refractivity contribution in [3.63, 3.8) is 0 Å². The number of aromatic amines is 1. The molecule has 9 heteroatoms. The van der Waals surface area contributed by atoms with Crippen LogP contribution < -0.4 is 0 Å². The van der Waals surface area contributed by atoms with Crippen LogP contribution in [-0.4, -0.2) is 27.9 Å². The van der Waals surface area contributed by atoms with Crippen molar-refractivity contribution in [1.82, 2.24) is 9.97 Å². The second-order valence-corrected chi connectivity index (χ2v) is 8.61. The summed E-state index contributed by atoms with van der Waals surface area (Å²) in [5.41, 5.74) is 3.26. The van der Waals surface area contributed by atoms with E-state index in [0.717, 1.165) is 16.5 Å². The van der Waals surface area contributed by atoms with Crippen LogP contribution in [0.25, 0.3) is 22.2 Å². The number of benzene rings is 2. The fourth-order valence-corrected chi connectivity index (χ4v) is 3.89. The van der Waals surface area contributed by atoms with Gasteiger partial charge in [0.25, 0.3) is 0 Å². The first kappa shape index (κ1) is 25.8. The monoisotopic (exact) mass is 510 g/mol. The molecule has 4 rings (SSSR count). The number of ether oxygens (including phenoxy) is 1. The smallest absolute Gasteiger partial charge is 0.393 e. The third kappa shape index (κ3) is 6.91. The number of ketones is 1. The molecular formula is C28H22F4N2O3. The van der Waals surface area contributed by atoms with Gasteiger partial charge in [-0.05, 0) is 46.0 Å². The number of H-pyrrole nitrogens is 1. The van der Waals surface area contributed by atoms with Gasteiger partial charge in [-0.1, -0.05) is 43.0 Å². The Morgan fingerprint density at radius 3 is 2.49 bits per heavy atom. The number of hydrogen-bond donors (Lipinski definition) is 1. The third-order valence-electron chi connectivity index (χ3n) is 5.64. The number of nitrogens with zero attached hydrogens (tertiary/aromatic N) is 1. The SMILES string of the molecule is C=C(CC(F)(F)F)C(=O)Cc1cccc(-c2c[nH]c3ncc(CC(=O)OCc4cccc(F)c4)cc23)c1. The van der Waals surface area contributed by atoms with E-state index >= 15 is 0 Å². The number of Topliss-reactive ketones (excluding diaryl/α,β-unsaturated/α-hetero) is 1. The van der Waals surface area contributed by atoms with Gasteiger partial charge in [0.1, 0.15) is 18.1 Å². The van der Waals surface area contributed by atoms with Gasteiger partial charge in [-0.2, -0.15) is 13.2 Å². The van der Waals surface area contributed by atoms with Crippen LogP contribution in [0, 0.1) is 5.82 Å². The van der Waals surface area contributed by atoms with Crippen LogP contribution in [0.5, 0.6) is 0 Å². The first-order valence-corrected chi connectivity index (χ1v) is 11.3. The molecule has 4 aromatic rings. The van der Waals surface area contributed by atoms with Gasteiger partial charge >= 0.3 is 12.1 Å². The molecule has 0 saturated heterocycles. The Morgan fingerprint density at radius 2 is 1.73 bits per heavy atom. The molecule has 0 unspecified atom stereocenters. The summed E-state index contributed by atoms with van der Waals surface area (Å²) in [6, 6.07) is 14.5. The van der Waals surface area contributed by atoms with Gasteiger partial charge in [-0.15, -0.1) is 0 Å². The molecule has 5 nitrogen and oxygen atoms in total. The Hall–Kier alpha value is -4.27. The Kier molecular flexibility index (Phi) is 7.52. The second-order valence-electron chi connectivity index (χ2n) is 8.61. The van der Waals surface area contributed by atoms with E-state index in [1.54, 1.807) is 48.8 Å². The number of halogens is 4. The molecule has 2 aromatic carbocycles. The van der Waals surface area contributed by atoms with Crippen LogP contribution in [0.2, 0.25) is 0 Å². The zero-order valence-electron chi connectivity index (χ0n) is 19.6. The first-order valence-electron chi connectivity index (χ1n) is 11.3. The predicted octanol–water partition coefficient (Wildman–Crippen LogP) is 6.28. The molecule has 0 spiro atoms. The summed E-state index contributed by atoms with van der Waals surface area (Å²) < 4.78 is 56.3. The van der Waals surface area contributed by atoms with E-state index in [0.29, 0.717) is 22.3 Å². The Balaban J connectivity index is 1.47. The van der Waals surface area contributed by atoms with Crippen molar-refractivity contribution >= 4 is 22.8 Å². The number of esters is 1. The summed E-state index contributed by atoms with van der Waals surface area (Å²) in [6.07, 6.45) is -2.80. The molecule has 0 fully saturated rings. The van der Waals surface area contributed by atoms with Crippen LogP contribution >= 0.6 is 0 Å². The lowest BCUT2D eigenvalue weighted by atomic mass is 9.97. The van der Waals surface area contributed by atoms with E-state index in [4.69, 9.17) is 4.74 Å². The maximum atomic E-state index is 13.3. The number of carbonyl (C=O) groups is 2. The van der Waals surface area contributed by atoms with Crippen molar-refractivity contribution in [1.29, 1.82) is 0 Å². The van der Waals surface area contributed by atoms with Crippen molar-refractivity contribution in [2.45, 2.75) is 32.0 Å².